The number of furan rings is 2. The molecule has 4 heteroatoms. The van der Waals surface area contributed by atoms with E-state index in [4.69, 9.17) is 13.8 Å². The number of hydrogen-bond donors (Lipinski definition) is 1. The summed E-state index contributed by atoms with van der Waals surface area (Å²) < 4.78 is 13.0. The molecule has 0 saturated carbocycles. The van der Waals surface area contributed by atoms with Crippen LogP contribution in [0.25, 0.3) is 82.2 Å². The topological polar surface area (TPSA) is 50.7 Å². The van der Waals surface area contributed by atoms with Crippen molar-refractivity contribution in [1.82, 2.24) is 5.32 Å². The van der Waals surface area contributed by atoms with E-state index in [1.54, 1.807) is 0 Å². The van der Waals surface area contributed by atoms with Crippen LogP contribution >= 0.6 is 0 Å². The highest BCUT2D eigenvalue weighted by Gasteiger charge is 2.29. The number of nitrogens with zero attached hydrogens (tertiary/aromatic N) is 1. The van der Waals surface area contributed by atoms with Gasteiger partial charge in [0.05, 0.1) is 11.7 Å². The number of rotatable bonds is 4. The highest BCUT2D eigenvalue weighted by molar-refractivity contribution is 6.20. The zero-order valence-corrected chi connectivity index (χ0v) is 28.9. The lowest BCUT2D eigenvalue weighted by molar-refractivity contribution is 0.668. The van der Waals surface area contributed by atoms with Crippen molar-refractivity contribution < 1.29 is 8.83 Å². The van der Waals surface area contributed by atoms with E-state index in [1.807, 2.05) is 12.1 Å². The van der Waals surface area contributed by atoms with Crippen molar-refractivity contribution in [2.75, 3.05) is 0 Å². The Bertz CT molecular complexity index is 3160. The third kappa shape index (κ3) is 4.66. The summed E-state index contributed by atoms with van der Waals surface area (Å²) in [4.78, 5) is 5.58. The first-order valence-corrected chi connectivity index (χ1v) is 18.1. The molecule has 0 spiro atoms. The zero-order chi connectivity index (χ0) is 35.0. The molecule has 0 aliphatic carbocycles. The molecule has 3 heterocycles. The lowest BCUT2D eigenvalue weighted by Crippen LogP contribution is -2.33. The minimum absolute atomic E-state index is 0.0990. The molecule has 1 unspecified atom stereocenters. The molecule has 250 valence electrons. The molecule has 1 atom stereocenters. The fraction of sp³-hybridized carbons (Fsp3) is 0.0408. The van der Waals surface area contributed by atoms with Crippen LogP contribution in [0.2, 0.25) is 0 Å². The number of hydrogen-bond acceptors (Lipinski definition) is 4. The normalized spacial score (nSPS) is 14.9. The Labute approximate surface area is 305 Å². The lowest BCUT2D eigenvalue weighted by atomic mass is 9.87. The van der Waals surface area contributed by atoms with E-state index in [9.17, 15) is 0 Å². The Kier molecular flexibility index (Phi) is 6.49. The summed E-state index contributed by atoms with van der Waals surface area (Å²) in [5.74, 6) is 0.837. The molecule has 4 nitrogen and oxygen atoms in total. The van der Waals surface area contributed by atoms with Gasteiger partial charge >= 0.3 is 0 Å². The van der Waals surface area contributed by atoms with E-state index in [-0.39, 0.29) is 6.04 Å². The van der Waals surface area contributed by atoms with Crippen LogP contribution in [0.4, 0.5) is 0 Å². The summed E-state index contributed by atoms with van der Waals surface area (Å²) in [6, 6.07) is 57.6. The fourth-order valence-corrected chi connectivity index (χ4v) is 8.35. The van der Waals surface area contributed by atoms with Crippen molar-refractivity contribution in [3.8, 4) is 11.1 Å². The first-order valence-electron chi connectivity index (χ1n) is 18.1. The maximum Gasteiger partial charge on any atom is 0.136 e. The number of nitrogens with one attached hydrogen (secondary N) is 1. The molecule has 2 aromatic heterocycles. The van der Waals surface area contributed by atoms with E-state index in [2.05, 4.69) is 164 Å². The van der Waals surface area contributed by atoms with Crippen molar-refractivity contribution in [1.29, 1.82) is 0 Å². The largest absolute Gasteiger partial charge is 0.456 e. The van der Waals surface area contributed by atoms with Gasteiger partial charge in [0.2, 0.25) is 0 Å². The lowest BCUT2D eigenvalue weighted by Gasteiger charge is -2.30. The van der Waals surface area contributed by atoms with Crippen LogP contribution in [0.1, 0.15) is 29.7 Å². The van der Waals surface area contributed by atoms with Gasteiger partial charge in [0.25, 0.3) is 0 Å². The average molecular weight is 681 g/mol. The molecule has 10 aromatic rings. The summed E-state index contributed by atoms with van der Waals surface area (Å²) in [5, 5.41) is 13.0. The molecule has 1 aliphatic rings. The number of amidine groups is 1. The second-order valence-electron chi connectivity index (χ2n) is 14.0. The van der Waals surface area contributed by atoms with Crippen molar-refractivity contribution in [3.05, 3.63) is 186 Å². The molecule has 0 amide bonds. The van der Waals surface area contributed by atoms with Gasteiger partial charge in [-0.05, 0) is 93.2 Å². The van der Waals surface area contributed by atoms with Crippen LogP contribution in [-0.2, 0) is 0 Å². The third-order valence-electron chi connectivity index (χ3n) is 10.9. The average Bonchev–Trinajstić information content (AvgIpc) is 3.79. The monoisotopic (exact) mass is 680 g/mol. The van der Waals surface area contributed by atoms with Gasteiger partial charge in [-0.1, -0.05) is 121 Å². The van der Waals surface area contributed by atoms with Gasteiger partial charge in [0.15, 0.2) is 0 Å². The molecule has 1 aliphatic heterocycles. The molecule has 1 N–H and O–H groups in total. The Hall–Kier alpha value is -6.91. The summed E-state index contributed by atoms with van der Waals surface area (Å²) in [5.41, 5.74) is 11.0. The summed E-state index contributed by atoms with van der Waals surface area (Å²) >= 11 is 0. The van der Waals surface area contributed by atoms with Gasteiger partial charge in [-0.15, -0.1) is 0 Å². The fourth-order valence-electron chi connectivity index (χ4n) is 8.35. The zero-order valence-electron chi connectivity index (χ0n) is 28.9. The van der Waals surface area contributed by atoms with Crippen LogP contribution < -0.4 is 5.32 Å². The van der Waals surface area contributed by atoms with Crippen LogP contribution in [-0.4, -0.2) is 5.84 Å². The van der Waals surface area contributed by atoms with Gasteiger partial charge in [0, 0.05) is 32.7 Å². The molecule has 53 heavy (non-hydrogen) atoms. The number of fused-ring (bicyclic) bond motifs is 9. The predicted molar refractivity (Wildman–Crippen MR) is 219 cm³/mol. The second-order valence-corrected chi connectivity index (χ2v) is 14.0. The number of para-hydroxylation sites is 1. The first kappa shape index (κ1) is 29.8. The van der Waals surface area contributed by atoms with Crippen LogP contribution in [0.3, 0.4) is 0 Å². The van der Waals surface area contributed by atoms with Gasteiger partial charge in [0.1, 0.15) is 28.2 Å². The first-order chi connectivity index (χ1) is 26.2. The highest BCUT2D eigenvalue weighted by atomic mass is 16.3. The SMILES string of the molecule is CC1=C(c2c(-c3ccc4oc5ccc6ccccc6c5c4c3)ccc3oc4ccccc4c23)N=C(c2ccc3ccccc3c2)NC1c1ccccc1. The predicted octanol–water partition coefficient (Wildman–Crippen LogP) is 13.0. The third-order valence-corrected chi connectivity index (χ3v) is 10.9. The van der Waals surface area contributed by atoms with Crippen molar-refractivity contribution >= 4 is 77.0 Å². The quantitative estimate of drug-likeness (QED) is 0.201. The molecule has 0 bridgehead atoms. The molecule has 8 aromatic carbocycles. The Morgan fingerprint density at radius 3 is 2.00 bits per heavy atom. The smallest absolute Gasteiger partial charge is 0.136 e. The maximum atomic E-state index is 6.54. The maximum absolute atomic E-state index is 6.54. The van der Waals surface area contributed by atoms with Gasteiger partial charge < -0.3 is 14.2 Å². The van der Waals surface area contributed by atoms with Crippen LogP contribution in [0.15, 0.2) is 183 Å². The second kappa shape index (κ2) is 11.6. The van der Waals surface area contributed by atoms with Crippen molar-refractivity contribution in [2.45, 2.75) is 13.0 Å². The van der Waals surface area contributed by atoms with Crippen molar-refractivity contribution in [3.63, 3.8) is 0 Å². The summed E-state index contributed by atoms with van der Waals surface area (Å²) in [6.07, 6.45) is 0. The molecular formula is C49H32N2O2. The van der Waals surface area contributed by atoms with E-state index in [1.165, 1.54) is 27.1 Å². The minimum Gasteiger partial charge on any atom is -0.456 e. The molecule has 11 rings (SSSR count). The van der Waals surface area contributed by atoms with Crippen LogP contribution in [0, 0.1) is 0 Å². The summed E-state index contributed by atoms with van der Waals surface area (Å²) in [7, 11) is 0. The van der Waals surface area contributed by atoms with E-state index in [0.29, 0.717) is 0 Å². The Morgan fingerprint density at radius 1 is 0.491 bits per heavy atom. The van der Waals surface area contributed by atoms with Gasteiger partial charge in [-0.3, -0.25) is 0 Å². The Morgan fingerprint density at radius 2 is 1.13 bits per heavy atom. The summed E-state index contributed by atoms with van der Waals surface area (Å²) in [6.45, 7) is 2.21. The van der Waals surface area contributed by atoms with Crippen LogP contribution in [0.5, 0.6) is 0 Å². The van der Waals surface area contributed by atoms with E-state index >= 15 is 0 Å². The Balaban J connectivity index is 1.22. The molecule has 0 radical (unpaired) electrons. The van der Waals surface area contributed by atoms with Crippen molar-refractivity contribution in [2.24, 2.45) is 4.99 Å². The van der Waals surface area contributed by atoms with E-state index in [0.717, 1.165) is 83.2 Å². The molecular weight excluding hydrogens is 649 g/mol. The standard InChI is InChI=1S/C49H32N2O2/c1-29-47(32-13-3-2-4-14-32)50-49(35-20-19-30-11-5-6-15-33(30)27-35)51-48(29)46-37(23-26-43-45(46)38-17-9-10-18-40(38)52-43)34-22-24-41-39(28-34)44-36-16-8-7-12-31(36)21-25-42(44)53-41/h2-28,47H,1H3,(H,50,51). The van der Waals surface area contributed by atoms with E-state index < -0.39 is 0 Å². The molecule has 0 fully saturated rings. The van der Waals surface area contributed by atoms with Gasteiger partial charge in [-0.25, -0.2) is 4.99 Å². The minimum atomic E-state index is -0.0990. The molecule has 0 saturated heterocycles. The van der Waals surface area contributed by atoms with Gasteiger partial charge in [-0.2, -0.15) is 0 Å². The highest BCUT2D eigenvalue weighted by Crippen LogP contribution is 2.46. The number of benzene rings is 8. The number of aliphatic imine (C=N–C) groups is 1.